The third kappa shape index (κ3) is 8.71. The summed E-state index contributed by atoms with van der Waals surface area (Å²) in [7, 11) is 0. The zero-order chi connectivity index (χ0) is 24.0. The molecule has 0 N–H and O–H groups in total. The molecule has 34 heavy (non-hydrogen) atoms. The minimum Gasteiger partial charge on any atom is -0.493 e. The maximum absolute atomic E-state index is 14.7. The number of hydrogen-bond acceptors (Lipinski definition) is 2. The molecule has 1 aromatic heterocycles. The highest BCUT2D eigenvalue weighted by Crippen LogP contribution is 2.38. The second-order valence-corrected chi connectivity index (χ2v) is 10.3. The zero-order valence-electron chi connectivity index (χ0n) is 21.7. The standard InChI is InChI=1S/C31H46FNO/c1-3-5-7-9-10-11-13-25-14-16-26(17-15-25)27-18-21-31(33-24-27)29-20-19-28(23-30(29)32)34-22-12-8-6-4-2/h18-21,23-26H,3-17,22H2,1-2H3. The van der Waals surface area contributed by atoms with Gasteiger partial charge in [0.15, 0.2) is 0 Å². The van der Waals surface area contributed by atoms with Gasteiger partial charge < -0.3 is 4.74 Å². The van der Waals surface area contributed by atoms with Gasteiger partial charge in [-0.05, 0) is 67.7 Å². The van der Waals surface area contributed by atoms with Gasteiger partial charge in [0.2, 0.25) is 0 Å². The van der Waals surface area contributed by atoms with Crippen LogP contribution >= 0.6 is 0 Å². The average molecular weight is 468 g/mol. The minimum absolute atomic E-state index is 0.262. The van der Waals surface area contributed by atoms with Gasteiger partial charge in [0.25, 0.3) is 0 Å². The van der Waals surface area contributed by atoms with Crippen molar-refractivity contribution in [3.63, 3.8) is 0 Å². The summed E-state index contributed by atoms with van der Waals surface area (Å²) in [5.74, 6) is 1.86. The maximum Gasteiger partial charge on any atom is 0.136 e. The second kappa shape index (κ2) is 15.2. The van der Waals surface area contributed by atoms with E-state index in [0.29, 0.717) is 29.5 Å². The van der Waals surface area contributed by atoms with Crippen LogP contribution in [0.4, 0.5) is 4.39 Å². The molecule has 0 bridgehead atoms. The molecule has 1 aliphatic carbocycles. The van der Waals surface area contributed by atoms with Crippen LogP contribution in [0, 0.1) is 11.7 Å². The lowest BCUT2D eigenvalue weighted by atomic mass is 9.77. The van der Waals surface area contributed by atoms with Crippen molar-refractivity contribution in [2.75, 3.05) is 6.61 Å². The van der Waals surface area contributed by atoms with Crippen LogP contribution in [0.2, 0.25) is 0 Å². The Balaban J connectivity index is 1.43. The molecule has 1 aromatic carbocycles. The molecule has 1 fully saturated rings. The third-order valence-corrected chi connectivity index (χ3v) is 7.55. The molecular formula is C31H46FNO. The van der Waals surface area contributed by atoms with Crippen molar-refractivity contribution in [3.05, 3.63) is 47.9 Å². The first-order chi connectivity index (χ1) is 16.7. The molecule has 0 radical (unpaired) electrons. The molecule has 2 aromatic rings. The Labute approximate surface area is 207 Å². The predicted molar refractivity (Wildman–Crippen MR) is 142 cm³/mol. The lowest BCUT2D eigenvalue weighted by molar-refractivity contribution is 0.301. The summed E-state index contributed by atoms with van der Waals surface area (Å²) < 4.78 is 20.4. The van der Waals surface area contributed by atoms with Crippen LogP contribution in [-0.4, -0.2) is 11.6 Å². The highest BCUT2D eigenvalue weighted by Gasteiger charge is 2.22. The molecule has 0 unspecified atom stereocenters. The van der Waals surface area contributed by atoms with E-state index in [1.54, 1.807) is 6.07 Å². The molecule has 1 saturated carbocycles. The molecule has 0 spiro atoms. The second-order valence-electron chi connectivity index (χ2n) is 10.3. The van der Waals surface area contributed by atoms with Crippen LogP contribution in [0.1, 0.15) is 122 Å². The fraction of sp³-hybridized carbons (Fsp3) is 0.645. The Bertz CT molecular complexity index is 811. The number of halogens is 1. The highest BCUT2D eigenvalue weighted by molar-refractivity contribution is 5.61. The SMILES string of the molecule is CCCCCCCCC1CCC(c2ccc(-c3ccc(OCCCCCC)cc3F)nc2)CC1. The first-order valence-electron chi connectivity index (χ1n) is 14.1. The molecule has 188 valence electrons. The summed E-state index contributed by atoms with van der Waals surface area (Å²) >= 11 is 0. The van der Waals surface area contributed by atoms with Gasteiger partial charge in [-0.3, -0.25) is 4.98 Å². The Morgan fingerprint density at radius 3 is 2.21 bits per heavy atom. The first-order valence-corrected chi connectivity index (χ1v) is 14.1. The van der Waals surface area contributed by atoms with Gasteiger partial charge >= 0.3 is 0 Å². The van der Waals surface area contributed by atoms with Gasteiger partial charge in [-0.25, -0.2) is 4.39 Å². The van der Waals surface area contributed by atoms with Crippen LogP contribution in [0.25, 0.3) is 11.3 Å². The molecule has 1 aliphatic rings. The summed E-state index contributed by atoms with van der Waals surface area (Å²) in [6, 6.07) is 9.31. The quantitative estimate of drug-likeness (QED) is 0.243. The minimum atomic E-state index is -0.262. The van der Waals surface area contributed by atoms with E-state index in [1.807, 2.05) is 18.3 Å². The summed E-state index contributed by atoms with van der Waals surface area (Å²) in [6.07, 6.45) is 21.6. The monoisotopic (exact) mass is 467 g/mol. The van der Waals surface area contributed by atoms with Gasteiger partial charge in [-0.15, -0.1) is 0 Å². The lowest BCUT2D eigenvalue weighted by Gasteiger charge is -2.28. The molecule has 0 atom stereocenters. The number of rotatable bonds is 15. The van der Waals surface area contributed by atoms with Crippen LogP contribution in [0.3, 0.4) is 0 Å². The Morgan fingerprint density at radius 1 is 0.824 bits per heavy atom. The number of benzene rings is 1. The molecule has 3 rings (SSSR count). The zero-order valence-corrected chi connectivity index (χ0v) is 21.7. The summed E-state index contributed by atoms with van der Waals surface area (Å²) in [5.41, 5.74) is 2.56. The number of ether oxygens (including phenoxy) is 1. The number of pyridine rings is 1. The average Bonchev–Trinajstić information content (AvgIpc) is 2.87. The van der Waals surface area contributed by atoms with E-state index in [9.17, 15) is 4.39 Å². The summed E-state index contributed by atoms with van der Waals surface area (Å²) in [6.45, 7) is 5.12. The van der Waals surface area contributed by atoms with E-state index in [-0.39, 0.29) is 5.82 Å². The molecular weight excluding hydrogens is 421 g/mol. The molecule has 0 amide bonds. The third-order valence-electron chi connectivity index (χ3n) is 7.55. The van der Waals surface area contributed by atoms with E-state index in [4.69, 9.17) is 4.74 Å². The fourth-order valence-corrected chi connectivity index (χ4v) is 5.32. The van der Waals surface area contributed by atoms with Gasteiger partial charge in [0, 0.05) is 17.8 Å². The number of unbranched alkanes of at least 4 members (excludes halogenated alkanes) is 8. The van der Waals surface area contributed by atoms with Gasteiger partial charge in [0.1, 0.15) is 11.6 Å². The summed E-state index contributed by atoms with van der Waals surface area (Å²) in [5, 5.41) is 0. The van der Waals surface area contributed by atoms with Crippen LogP contribution in [0.15, 0.2) is 36.5 Å². The van der Waals surface area contributed by atoms with Crippen molar-refractivity contribution < 1.29 is 9.13 Å². The molecule has 2 nitrogen and oxygen atoms in total. The number of hydrogen-bond donors (Lipinski definition) is 0. The summed E-state index contributed by atoms with van der Waals surface area (Å²) in [4.78, 5) is 4.63. The van der Waals surface area contributed by atoms with Gasteiger partial charge in [-0.1, -0.05) is 84.1 Å². The van der Waals surface area contributed by atoms with Gasteiger partial charge in [0.05, 0.1) is 12.3 Å². The van der Waals surface area contributed by atoms with E-state index in [0.717, 1.165) is 18.8 Å². The number of aromatic nitrogens is 1. The van der Waals surface area contributed by atoms with E-state index < -0.39 is 0 Å². The van der Waals surface area contributed by atoms with E-state index in [1.165, 1.54) is 95.1 Å². The van der Waals surface area contributed by atoms with Crippen molar-refractivity contribution in [3.8, 4) is 17.0 Å². The molecule has 1 heterocycles. The van der Waals surface area contributed by atoms with Crippen molar-refractivity contribution in [1.82, 2.24) is 4.98 Å². The van der Waals surface area contributed by atoms with Crippen molar-refractivity contribution >= 4 is 0 Å². The van der Waals surface area contributed by atoms with Crippen LogP contribution in [0.5, 0.6) is 5.75 Å². The van der Waals surface area contributed by atoms with Crippen LogP contribution < -0.4 is 4.74 Å². The predicted octanol–water partition coefficient (Wildman–Crippen LogP) is 9.87. The largest absolute Gasteiger partial charge is 0.493 e. The normalized spacial score (nSPS) is 18.2. The fourth-order valence-electron chi connectivity index (χ4n) is 5.32. The van der Waals surface area contributed by atoms with E-state index >= 15 is 0 Å². The Morgan fingerprint density at radius 2 is 1.53 bits per heavy atom. The molecule has 0 aliphatic heterocycles. The van der Waals surface area contributed by atoms with Crippen LogP contribution in [-0.2, 0) is 0 Å². The Kier molecular flexibility index (Phi) is 11.9. The number of nitrogens with zero attached hydrogens (tertiary/aromatic N) is 1. The van der Waals surface area contributed by atoms with Gasteiger partial charge in [-0.2, -0.15) is 0 Å². The smallest absolute Gasteiger partial charge is 0.136 e. The lowest BCUT2D eigenvalue weighted by Crippen LogP contribution is -2.13. The first kappa shape index (κ1) is 26.7. The molecule has 3 heteroatoms. The van der Waals surface area contributed by atoms with Crippen molar-refractivity contribution in [1.29, 1.82) is 0 Å². The van der Waals surface area contributed by atoms with E-state index in [2.05, 4.69) is 24.9 Å². The topological polar surface area (TPSA) is 22.1 Å². The highest BCUT2D eigenvalue weighted by atomic mass is 19.1. The maximum atomic E-state index is 14.7. The van der Waals surface area contributed by atoms with Crippen molar-refractivity contribution in [2.24, 2.45) is 5.92 Å². The van der Waals surface area contributed by atoms with Crippen molar-refractivity contribution in [2.45, 2.75) is 116 Å². The molecule has 0 saturated heterocycles. The Hall–Kier alpha value is -1.90.